The molecule has 3 aromatic rings. The number of nitrogens with one attached hydrogen (secondary N) is 1. The van der Waals surface area contributed by atoms with Crippen molar-refractivity contribution in [3.05, 3.63) is 46.4 Å². The summed E-state index contributed by atoms with van der Waals surface area (Å²) in [6, 6.07) is 10.1. The molecule has 1 heterocycles. The molecule has 0 bridgehead atoms. The van der Waals surface area contributed by atoms with Crippen molar-refractivity contribution in [3.8, 4) is 17.1 Å². The van der Waals surface area contributed by atoms with Gasteiger partial charge in [-0.15, -0.1) is 0 Å². The standard InChI is InChI=1S/C19H20Cl2N4O/c1-10(2)15(22)9-23-18-13-7-11(20)3-5-16(13)24-19(25-18)14-8-12(21)4-6-17(14)26/h3-8,10,15,26H,9,22H2,1-2H3,(H,23,24,25). The fraction of sp³-hybridized carbons (Fsp3) is 0.263. The predicted molar refractivity (Wildman–Crippen MR) is 108 cm³/mol. The maximum atomic E-state index is 10.2. The lowest BCUT2D eigenvalue weighted by atomic mass is 10.1. The second-order valence-corrected chi connectivity index (χ2v) is 7.38. The number of aromatic hydroxyl groups is 1. The van der Waals surface area contributed by atoms with E-state index in [4.69, 9.17) is 28.9 Å². The van der Waals surface area contributed by atoms with E-state index < -0.39 is 0 Å². The van der Waals surface area contributed by atoms with Gasteiger partial charge < -0.3 is 16.2 Å². The zero-order valence-electron chi connectivity index (χ0n) is 14.5. The van der Waals surface area contributed by atoms with Gasteiger partial charge in [-0.25, -0.2) is 9.97 Å². The second kappa shape index (κ2) is 7.66. The second-order valence-electron chi connectivity index (χ2n) is 6.51. The third kappa shape index (κ3) is 4.01. The predicted octanol–water partition coefficient (Wildman–Crippen LogP) is 4.70. The number of rotatable bonds is 5. The summed E-state index contributed by atoms with van der Waals surface area (Å²) < 4.78 is 0. The van der Waals surface area contributed by atoms with Crippen LogP contribution in [0.2, 0.25) is 10.0 Å². The molecule has 3 rings (SSSR count). The normalized spacial score (nSPS) is 12.5. The van der Waals surface area contributed by atoms with Crippen LogP contribution in [0.15, 0.2) is 36.4 Å². The number of hydrogen-bond donors (Lipinski definition) is 3. The highest BCUT2D eigenvalue weighted by molar-refractivity contribution is 6.31. The lowest BCUT2D eigenvalue weighted by Crippen LogP contribution is -2.34. The minimum absolute atomic E-state index is 0.0257. The number of hydrogen-bond acceptors (Lipinski definition) is 5. The number of halogens is 2. The Kier molecular flexibility index (Phi) is 5.51. The van der Waals surface area contributed by atoms with Gasteiger partial charge in [0.1, 0.15) is 11.6 Å². The molecule has 0 aliphatic heterocycles. The Hall–Kier alpha value is -2.08. The minimum Gasteiger partial charge on any atom is -0.507 e. The fourth-order valence-corrected chi connectivity index (χ4v) is 2.84. The fourth-order valence-electron chi connectivity index (χ4n) is 2.49. The van der Waals surface area contributed by atoms with Gasteiger partial charge >= 0.3 is 0 Å². The van der Waals surface area contributed by atoms with Crippen molar-refractivity contribution in [2.45, 2.75) is 19.9 Å². The van der Waals surface area contributed by atoms with Crippen LogP contribution in [-0.4, -0.2) is 27.7 Å². The van der Waals surface area contributed by atoms with Gasteiger partial charge in [0.25, 0.3) is 0 Å². The first-order chi connectivity index (χ1) is 12.3. The van der Waals surface area contributed by atoms with Crippen molar-refractivity contribution in [2.75, 3.05) is 11.9 Å². The number of fused-ring (bicyclic) bond motifs is 1. The molecule has 0 saturated heterocycles. The largest absolute Gasteiger partial charge is 0.507 e. The van der Waals surface area contributed by atoms with E-state index in [0.29, 0.717) is 45.2 Å². The number of nitrogens with two attached hydrogens (primary N) is 1. The lowest BCUT2D eigenvalue weighted by Gasteiger charge is -2.18. The van der Waals surface area contributed by atoms with Crippen LogP contribution in [-0.2, 0) is 0 Å². The summed E-state index contributed by atoms with van der Waals surface area (Å²) >= 11 is 12.2. The molecule has 0 aliphatic carbocycles. The number of benzene rings is 2. The van der Waals surface area contributed by atoms with E-state index in [1.807, 2.05) is 12.1 Å². The van der Waals surface area contributed by atoms with Crippen LogP contribution < -0.4 is 11.1 Å². The highest BCUT2D eigenvalue weighted by Gasteiger charge is 2.15. The van der Waals surface area contributed by atoms with Gasteiger partial charge in [0.15, 0.2) is 5.82 Å². The van der Waals surface area contributed by atoms with Crippen LogP contribution in [0.5, 0.6) is 5.75 Å². The Morgan fingerprint density at radius 1 is 1.08 bits per heavy atom. The molecule has 4 N–H and O–H groups in total. The van der Waals surface area contributed by atoms with Crippen LogP contribution in [0, 0.1) is 5.92 Å². The van der Waals surface area contributed by atoms with Crippen LogP contribution in [0.1, 0.15) is 13.8 Å². The van der Waals surface area contributed by atoms with E-state index in [0.717, 1.165) is 5.39 Å². The first kappa shape index (κ1) is 18.7. The minimum atomic E-state index is -0.0257. The van der Waals surface area contributed by atoms with E-state index in [1.165, 1.54) is 6.07 Å². The van der Waals surface area contributed by atoms with Crippen LogP contribution >= 0.6 is 23.2 Å². The summed E-state index contributed by atoms with van der Waals surface area (Å²) in [5.41, 5.74) is 7.31. The lowest BCUT2D eigenvalue weighted by molar-refractivity contribution is 0.477. The molecule has 7 heteroatoms. The molecule has 136 valence electrons. The number of anilines is 1. The molecule has 2 aromatic carbocycles. The summed E-state index contributed by atoms with van der Waals surface area (Å²) in [6.07, 6.45) is 0. The van der Waals surface area contributed by atoms with Gasteiger partial charge in [0, 0.05) is 28.0 Å². The molecule has 5 nitrogen and oxygen atoms in total. The molecule has 0 saturated carbocycles. The molecule has 0 fully saturated rings. The average molecular weight is 391 g/mol. The van der Waals surface area contributed by atoms with Crippen molar-refractivity contribution >= 4 is 39.9 Å². The molecule has 1 unspecified atom stereocenters. The van der Waals surface area contributed by atoms with Gasteiger partial charge in [-0.2, -0.15) is 0 Å². The first-order valence-corrected chi connectivity index (χ1v) is 9.06. The van der Waals surface area contributed by atoms with Crippen molar-refractivity contribution in [1.29, 1.82) is 0 Å². The third-order valence-electron chi connectivity index (χ3n) is 4.22. The molecule has 1 atom stereocenters. The van der Waals surface area contributed by atoms with Crippen molar-refractivity contribution in [2.24, 2.45) is 11.7 Å². The number of phenolic OH excluding ortho intramolecular Hbond substituents is 1. The van der Waals surface area contributed by atoms with Gasteiger partial charge in [0.05, 0.1) is 11.1 Å². The first-order valence-electron chi connectivity index (χ1n) is 8.31. The summed E-state index contributed by atoms with van der Waals surface area (Å²) in [6.45, 7) is 4.69. The zero-order valence-corrected chi connectivity index (χ0v) is 16.0. The maximum Gasteiger partial charge on any atom is 0.165 e. The van der Waals surface area contributed by atoms with Crippen LogP contribution in [0.3, 0.4) is 0 Å². The van der Waals surface area contributed by atoms with E-state index in [-0.39, 0.29) is 11.8 Å². The van der Waals surface area contributed by atoms with Gasteiger partial charge in [0.2, 0.25) is 0 Å². The zero-order chi connectivity index (χ0) is 18.8. The van der Waals surface area contributed by atoms with Gasteiger partial charge in [-0.3, -0.25) is 0 Å². The molecule has 0 radical (unpaired) electrons. The average Bonchev–Trinajstić information content (AvgIpc) is 2.61. The summed E-state index contributed by atoms with van der Waals surface area (Å²) in [7, 11) is 0. The Labute approximate surface area is 162 Å². The Morgan fingerprint density at radius 2 is 1.77 bits per heavy atom. The third-order valence-corrected chi connectivity index (χ3v) is 4.69. The number of nitrogens with zero attached hydrogens (tertiary/aromatic N) is 2. The molecule has 26 heavy (non-hydrogen) atoms. The van der Waals surface area contributed by atoms with E-state index >= 15 is 0 Å². The van der Waals surface area contributed by atoms with Crippen molar-refractivity contribution in [1.82, 2.24) is 9.97 Å². The molecular formula is C19H20Cl2N4O. The summed E-state index contributed by atoms with van der Waals surface area (Å²) in [5, 5.41) is 15.4. The molecule has 0 amide bonds. The van der Waals surface area contributed by atoms with Crippen LogP contribution in [0.4, 0.5) is 5.82 Å². The van der Waals surface area contributed by atoms with Crippen LogP contribution in [0.25, 0.3) is 22.3 Å². The smallest absolute Gasteiger partial charge is 0.165 e. The summed E-state index contributed by atoms with van der Waals surface area (Å²) in [5.74, 6) is 1.38. The Bertz CT molecular complexity index is 946. The Balaban J connectivity index is 2.11. The van der Waals surface area contributed by atoms with E-state index in [9.17, 15) is 5.11 Å². The van der Waals surface area contributed by atoms with E-state index in [1.54, 1.807) is 18.2 Å². The number of phenols is 1. The molecular weight excluding hydrogens is 371 g/mol. The Morgan fingerprint density at radius 3 is 2.50 bits per heavy atom. The van der Waals surface area contributed by atoms with Crippen molar-refractivity contribution in [3.63, 3.8) is 0 Å². The quantitative estimate of drug-likeness (QED) is 0.587. The van der Waals surface area contributed by atoms with Crippen molar-refractivity contribution < 1.29 is 5.11 Å². The highest BCUT2D eigenvalue weighted by Crippen LogP contribution is 2.33. The maximum absolute atomic E-state index is 10.2. The monoisotopic (exact) mass is 390 g/mol. The van der Waals surface area contributed by atoms with Gasteiger partial charge in [-0.05, 0) is 42.3 Å². The van der Waals surface area contributed by atoms with E-state index in [2.05, 4.69) is 29.1 Å². The summed E-state index contributed by atoms with van der Waals surface area (Å²) in [4.78, 5) is 9.14. The highest BCUT2D eigenvalue weighted by atomic mass is 35.5. The van der Waals surface area contributed by atoms with Gasteiger partial charge in [-0.1, -0.05) is 37.0 Å². The molecule has 1 aromatic heterocycles. The molecule has 0 aliphatic rings. The SMILES string of the molecule is CC(C)C(N)CNc1nc(-c2cc(Cl)ccc2O)nc2ccc(Cl)cc12. The molecule has 0 spiro atoms. The number of aromatic nitrogens is 2. The topological polar surface area (TPSA) is 84.1 Å².